The van der Waals surface area contributed by atoms with Gasteiger partial charge < -0.3 is 25.2 Å². The molecule has 1 aliphatic heterocycles. The fourth-order valence-corrected chi connectivity index (χ4v) is 4.85. The number of carboxylic acids is 1. The minimum Gasteiger partial charge on any atom is -0.479 e. The van der Waals surface area contributed by atoms with Crippen LogP contribution < -0.4 is 10.6 Å². The first kappa shape index (κ1) is 24.7. The van der Waals surface area contributed by atoms with Gasteiger partial charge >= 0.3 is 12.1 Å². The first-order valence-corrected chi connectivity index (χ1v) is 12.2. The smallest absolute Gasteiger partial charge is 0.407 e. The van der Waals surface area contributed by atoms with Crippen LogP contribution in [-0.2, 0) is 19.1 Å². The molecular formula is C27H32N2O6. The van der Waals surface area contributed by atoms with Crippen molar-refractivity contribution in [3.8, 4) is 11.1 Å². The molecular weight excluding hydrogens is 448 g/mol. The summed E-state index contributed by atoms with van der Waals surface area (Å²) < 4.78 is 10.7. The third-order valence-electron chi connectivity index (χ3n) is 6.80. The van der Waals surface area contributed by atoms with Gasteiger partial charge in [-0.1, -0.05) is 55.5 Å². The molecule has 0 bridgehead atoms. The molecule has 1 unspecified atom stereocenters. The van der Waals surface area contributed by atoms with Crippen molar-refractivity contribution >= 4 is 18.0 Å². The predicted octanol–water partition coefficient (Wildman–Crippen LogP) is 3.69. The van der Waals surface area contributed by atoms with Crippen LogP contribution >= 0.6 is 0 Å². The van der Waals surface area contributed by atoms with Gasteiger partial charge in [-0.05, 0) is 47.4 Å². The predicted molar refractivity (Wildman–Crippen MR) is 130 cm³/mol. The third-order valence-corrected chi connectivity index (χ3v) is 6.80. The Morgan fingerprint density at radius 2 is 1.71 bits per heavy atom. The number of hydrogen-bond acceptors (Lipinski definition) is 5. The largest absolute Gasteiger partial charge is 0.479 e. The normalized spacial score (nSPS) is 19.5. The van der Waals surface area contributed by atoms with Crippen LogP contribution in [0.25, 0.3) is 11.1 Å². The molecule has 1 aliphatic carbocycles. The standard InChI is InChI=1S/C27H32N2O6/c1-17(10-11-24(30)29-23-13-15-34-25(23)26(31)32)12-14-28-27(33)35-16-22-20-8-4-2-6-18(20)19-7-3-5-9-21(19)22/h2-9,17,22-23,25H,10-16H2,1H3,(H,28,33)(H,29,30)(H,31,32)/t17?,23-,25+/m1/s1. The van der Waals surface area contributed by atoms with E-state index in [2.05, 4.69) is 34.9 Å². The number of benzene rings is 2. The van der Waals surface area contributed by atoms with Crippen molar-refractivity contribution in [1.82, 2.24) is 10.6 Å². The molecule has 0 spiro atoms. The first-order valence-electron chi connectivity index (χ1n) is 12.2. The van der Waals surface area contributed by atoms with E-state index in [0.29, 0.717) is 38.8 Å². The molecule has 3 atom stereocenters. The summed E-state index contributed by atoms with van der Waals surface area (Å²) in [5, 5.41) is 14.7. The minimum atomic E-state index is -1.06. The highest BCUT2D eigenvalue weighted by Crippen LogP contribution is 2.44. The second-order valence-electron chi connectivity index (χ2n) is 9.28. The lowest BCUT2D eigenvalue weighted by Gasteiger charge is -2.17. The number of carbonyl (C=O) groups is 3. The van der Waals surface area contributed by atoms with Crippen LogP contribution in [0.15, 0.2) is 48.5 Å². The van der Waals surface area contributed by atoms with E-state index in [0.717, 1.165) is 0 Å². The summed E-state index contributed by atoms with van der Waals surface area (Å²) in [6.07, 6.45) is 0.735. The maximum atomic E-state index is 12.3. The zero-order chi connectivity index (χ0) is 24.8. The zero-order valence-corrected chi connectivity index (χ0v) is 19.9. The van der Waals surface area contributed by atoms with Crippen LogP contribution in [0.1, 0.15) is 49.7 Å². The summed E-state index contributed by atoms with van der Waals surface area (Å²) in [4.78, 5) is 35.6. The monoisotopic (exact) mass is 480 g/mol. The van der Waals surface area contributed by atoms with Gasteiger partial charge in [0, 0.05) is 25.5 Å². The quantitative estimate of drug-likeness (QED) is 0.478. The van der Waals surface area contributed by atoms with Gasteiger partial charge in [0.05, 0.1) is 6.04 Å². The average Bonchev–Trinajstić information content (AvgIpc) is 3.44. The molecule has 1 heterocycles. The number of nitrogens with one attached hydrogen (secondary N) is 2. The highest BCUT2D eigenvalue weighted by atomic mass is 16.5. The molecule has 35 heavy (non-hydrogen) atoms. The maximum absolute atomic E-state index is 12.3. The Labute approximate surface area is 205 Å². The molecule has 0 radical (unpaired) electrons. The van der Waals surface area contributed by atoms with Crippen molar-refractivity contribution in [2.24, 2.45) is 5.92 Å². The summed E-state index contributed by atoms with van der Waals surface area (Å²) in [5.41, 5.74) is 4.72. The van der Waals surface area contributed by atoms with Gasteiger partial charge in [0.2, 0.25) is 5.91 Å². The van der Waals surface area contributed by atoms with E-state index in [-0.39, 0.29) is 24.3 Å². The third kappa shape index (κ3) is 6.00. The summed E-state index contributed by atoms with van der Waals surface area (Å²) in [7, 11) is 0. The lowest BCUT2D eigenvalue weighted by Crippen LogP contribution is -2.44. The molecule has 2 aromatic rings. The number of carbonyl (C=O) groups excluding carboxylic acids is 2. The Hall–Kier alpha value is -3.39. The summed E-state index contributed by atoms with van der Waals surface area (Å²) >= 11 is 0. The van der Waals surface area contributed by atoms with E-state index >= 15 is 0 Å². The molecule has 2 amide bonds. The molecule has 2 aromatic carbocycles. The van der Waals surface area contributed by atoms with Gasteiger partial charge in [-0.3, -0.25) is 4.79 Å². The highest BCUT2D eigenvalue weighted by molar-refractivity contribution is 5.80. The van der Waals surface area contributed by atoms with E-state index in [9.17, 15) is 14.4 Å². The van der Waals surface area contributed by atoms with Gasteiger partial charge in [0.25, 0.3) is 0 Å². The van der Waals surface area contributed by atoms with Crippen LogP contribution in [0.5, 0.6) is 0 Å². The number of alkyl carbamates (subject to hydrolysis) is 1. The topological polar surface area (TPSA) is 114 Å². The number of hydrogen-bond donors (Lipinski definition) is 3. The molecule has 4 rings (SSSR count). The summed E-state index contributed by atoms with van der Waals surface area (Å²) in [5.74, 6) is -0.995. The van der Waals surface area contributed by atoms with Crippen LogP contribution in [-0.4, -0.2) is 55.0 Å². The Balaban J connectivity index is 1.15. The van der Waals surface area contributed by atoms with Crippen LogP contribution in [0, 0.1) is 5.92 Å². The fraction of sp³-hybridized carbons (Fsp3) is 0.444. The Kier molecular flexibility index (Phi) is 8.02. The molecule has 2 aliphatic rings. The minimum absolute atomic E-state index is 0.0246. The highest BCUT2D eigenvalue weighted by Gasteiger charge is 2.35. The number of ether oxygens (including phenoxy) is 2. The van der Waals surface area contributed by atoms with Crippen molar-refractivity contribution < 1.29 is 29.0 Å². The van der Waals surface area contributed by atoms with E-state index < -0.39 is 24.2 Å². The number of rotatable bonds is 10. The lowest BCUT2D eigenvalue weighted by atomic mass is 9.98. The zero-order valence-electron chi connectivity index (χ0n) is 19.9. The van der Waals surface area contributed by atoms with E-state index in [1.165, 1.54) is 22.3 Å². The van der Waals surface area contributed by atoms with Crippen molar-refractivity contribution in [2.45, 2.75) is 50.7 Å². The SMILES string of the molecule is CC(CCNC(=O)OCC1c2ccccc2-c2ccccc21)CCC(=O)N[C@@H]1CCO[C@@H]1C(=O)O. The molecule has 1 fully saturated rings. The number of fused-ring (bicyclic) bond motifs is 3. The molecule has 1 saturated heterocycles. The fourth-order valence-electron chi connectivity index (χ4n) is 4.85. The van der Waals surface area contributed by atoms with Crippen molar-refractivity contribution in [3.05, 3.63) is 59.7 Å². The van der Waals surface area contributed by atoms with Gasteiger partial charge in [-0.25, -0.2) is 9.59 Å². The number of carboxylic acid groups (broad SMARTS) is 1. The lowest BCUT2D eigenvalue weighted by molar-refractivity contribution is -0.148. The van der Waals surface area contributed by atoms with Gasteiger partial charge in [-0.15, -0.1) is 0 Å². The Bertz CT molecular complexity index is 1030. The van der Waals surface area contributed by atoms with E-state index in [1.807, 2.05) is 31.2 Å². The van der Waals surface area contributed by atoms with Crippen molar-refractivity contribution in [1.29, 1.82) is 0 Å². The van der Waals surface area contributed by atoms with E-state index in [4.69, 9.17) is 14.6 Å². The number of amides is 2. The average molecular weight is 481 g/mol. The molecule has 8 heteroatoms. The van der Waals surface area contributed by atoms with Crippen LogP contribution in [0.4, 0.5) is 4.79 Å². The molecule has 8 nitrogen and oxygen atoms in total. The molecule has 3 N–H and O–H groups in total. The second-order valence-corrected chi connectivity index (χ2v) is 9.28. The summed E-state index contributed by atoms with van der Waals surface area (Å²) in [6.45, 7) is 3.08. The number of aliphatic carboxylic acids is 1. The van der Waals surface area contributed by atoms with E-state index in [1.54, 1.807) is 0 Å². The molecule has 0 aromatic heterocycles. The van der Waals surface area contributed by atoms with Gasteiger partial charge in [-0.2, -0.15) is 0 Å². The maximum Gasteiger partial charge on any atom is 0.407 e. The molecule has 0 saturated carbocycles. The molecule has 186 valence electrons. The van der Waals surface area contributed by atoms with Crippen LogP contribution in [0.2, 0.25) is 0 Å². The van der Waals surface area contributed by atoms with Gasteiger partial charge in [0.15, 0.2) is 6.10 Å². The van der Waals surface area contributed by atoms with Crippen molar-refractivity contribution in [3.63, 3.8) is 0 Å². The first-order chi connectivity index (χ1) is 16.9. The Morgan fingerprint density at radius 1 is 1.06 bits per heavy atom. The van der Waals surface area contributed by atoms with Gasteiger partial charge in [0.1, 0.15) is 6.61 Å². The van der Waals surface area contributed by atoms with Crippen LogP contribution in [0.3, 0.4) is 0 Å². The van der Waals surface area contributed by atoms with Crippen molar-refractivity contribution in [2.75, 3.05) is 19.8 Å². The second kappa shape index (κ2) is 11.4. The Morgan fingerprint density at radius 3 is 2.37 bits per heavy atom. The summed E-state index contributed by atoms with van der Waals surface area (Å²) in [6, 6.07) is 15.9.